The van der Waals surface area contributed by atoms with E-state index in [1.807, 2.05) is 25.1 Å². The highest BCUT2D eigenvalue weighted by molar-refractivity contribution is 5.85. The molecule has 1 aliphatic heterocycles. The highest BCUT2D eigenvalue weighted by Gasteiger charge is 2.22. The Morgan fingerprint density at radius 1 is 1.17 bits per heavy atom. The van der Waals surface area contributed by atoms with Crippen molar-refractivity contribution in [3.05, 3.63) is 54.1 Å². The number of para-hydroxylation sites is 1. The van der Waals surface area contributed by atoms with Crippen LogP contribution in [0.3, 0.4) is 0 Å². The van der Waals surface area contributed by atoms with Crippen LogP contribution in [0.15, 0.2) is 48.5 Å². The molecule has 158 valence electrons. The van der Waals surface area contributed by atoms with E-state index in [0.29, 0.717) is 18.3 Å². The van der Waals surface area contributed by atoms with Crippen LogP contribution in [0.4, 0.5) is 0 Å². The fourth-order valence-electron chi connectivity index (χ4n) is 4.04. The van der Waals surface area contributed by atoms with Crippen molar-refractivity contribution in [1.82, 2.24) is 10.6 Å². The molecule has 0 saturated carbocycles. The standard InChI is InChI=1S/C24H32N2O2.ClH/c1-17(21-7-6-14-25-16-21)15-24(27)26-18(2)19-10-12-20(13-11-19)22-8-4-5-9-23(22)28-3;/h4-5,8-13,17-18,21,25H,6-7,14-16H2,1-3H3,(H,26,27);1H. The van der Waals surface area contributed by atoms with Crippen LogP contribution in [-0.4, -0.2) is 26.1 Å². The molecule has 1 fully saturated rings. The number of halogens is 1. The van der Waals surface area contributed by atoms with E-state index in [-0.39, 0.29) is 24.4 Å². The van der Waals surface area contributed by atoms with Gasteiger partial charge < -0.3 is 15.4 Å². The molecule has 2 N–H and O–H groups in total. The first-order valence-corrected chi connectivity index (χ1v) is 10.3. The van der Waals surface area contributed by atoms with Crippen LogP contribution < -0.4 is 15.4 Å². The van der Waals surface area contributed by atoms with E-state index in [4.69, 9.17) is 4.74 Å². The molecular formula is C24H33ClN2O2. The van der Waals surface area contributed by atoms with E-state index in [9.17, 15) is 4.79 Å². The first kappa shape index (κ1) is 23.2. The zero-order chi connectivity index (χ0) is 19.9. The summed E-state index contributed by atoms with van der Waals surface area (Å²) in [5.41, 5.74) is 3.29. The minimum Gasteiger partial charge on any atom is -0.496 e. The van der Waals surface area contributed by atoms with Crippen LogP contribution in [-0.2, 0) is 4.79 Å². The Morgan fingerprint density at radius 2 is 1.90 bits per heavy atom. The molecule has 0 radical (unpaired) electrons. The minimum absolute atomic E-state index is 0. The molecule has 2 aromatic carbocycles. The van der Waals surface area contributed by atoms with Gasteiger partial charge in [-0.1, -0.05) is 49.4 Å². The molecule has 1 saturated heterocycles. The fraction of sp³-hybridized carbons (Fsp3) is 0.458. The van der Waals surface area contributed by atoms with Gasteiger partial charge in [0.05, 0.1) is 13.2 Å². The lowest BCUT2D eigenvalue weighted by molar-refractivity contribution is -0.123. The van der Waals surface area contributed by atoms with Crippen molar-refractivity contribution < 1.29 is 9.53 Å². The van der Waals surface area contributed by atoms with Crippen LogP contribution in [0.2, 0.25) is 0 Å². The molecular weight excluding hydrogens is 384 g/mol. The number of hydrogen-bond donors (Lipinski definition) is 2. The fourth-order valence-corrected chi connectivity index (χ4v) is 4.04. The number of carbonyl (C=O) groups excluding carboxylic acids is 1. The molecule has 3 rings (SSSR count). The average molecular weight is 417 g/mol. The molecule has 0 aromatic heterocycles. The lowest BCUT2D eigenvalue weighted by Crippen LogP contribution is -2.36. The third-order valence-electron chi connectivity index (χ3n) is 5.85. The minimum atomic E-state index is -0.00380. The summed E-state index contributed by atoms with van der Waals surface area (Å²) >= 11 is 0. The Labute approximate surface area is 180 Å². The molecule has 1 aliphatic rings. The second-order valence-corrected chi connectivity index (χ2v) is 7.90. The Hall–Kier alpha value is -2.04. The molecule has 0 bridgehead atoms. The number of ether oxygens (including phenoxy) is 1. The maximum absolute atomic E-state index is 12.5. The van der Waals surface area contributed by atoms with Gasteiger partial charge in [-0.15, -0.1) is 12.4 Å². The number of carbonyl (C=O) groups is 1. The number of benzene rings is 2. The SMILES string of the molecule is COc1ccccc1-c1ccc(C(C)NC(=O)CC(C)C2CCCNC2)cc1.Cl. The van der Waals surface area contributed by atoms with E-state index in [2.05, 4.69) is 47.9 Å². The lowest BCUT2D eigenvalue weighted by Gasteiger charge is -2.28. The Bertz CT molecular complexity index is 773. The number of rotatable bonds is 7. The smallest absolute Gasteiger partial charge is 0.220 e. The normalized spacial score (nSPS) is 18.2. The number of nitrogens with one attached hydrogen (secondary N) is 2. The molecule has 1 amide bonds. The van der Waals surface area contributed by atoms with Gasteiger partial charge in [0, 0.05) is 12.0 Å². The number of amides is 1. The molecule has 3 atom stereocenters. The van der Waals surface area contributed by atoms with Crippen molar-refractivity contribution in [2.24, 2.45) is 11.8 Å². The first-order valence-electron chi connectivity index (χ1n) is 10.3. The van der Waals surface area contributed by atoms with Gasteiger partial charge in [-0.05, 0) is 61.9 Å². The van der Waals surface area contributed by atoms with E-state index < -0.39 is 0 Å². The number of methoxy groups -OCH3 is 1. The highest BCUT2D eigenvalue weighted by Crippen LogP contribution is 2.30. The Balaban J connectivity index is 0.00000300. The van der Waals surface area contributed by atoms with Crippen LogP contribution in [0, 0.1) is 11.8 Å². The summed E-state index contributed by atoms with van der Waals surface area (Å²) in [4.78, 5) is 12.5. The van der Waals surface area contributed by atoms with Crippen molar-refractivity contribution >= 4 is 18.3 Å². The molecule has 5 heteroatoms. The summed E-state index contributed by atoms with van der Waals surface area (Å²) in [6.07, 6.45) is 3.03. The average Bonchev–Trinajstić information content (AvgIpc) is 2.74. The predicted octanol–water partition coefficient (Wildman–Crippen LogP) is 4.99. The van der Waals surface area contributed by atoms with Gasteiger partial charge in [0.1, 0.15) is 5.75 Å². The van der Waals surface area contributed by atoms with Gasteiger partial charge in [-0.3, -0.25) is 4.79 Å². The molecule has 4 nitrogen and oxygen atoms in total. The van der Waals surface area contributed by atoms with Crippen molar-refractivity contribution in [1.29, 1.82) is 0 Å². The van der Waals surface area contributed by atoms with Crippen LogP contribution in [0.25, 0.3) is 11.1 Å². The molecule has 3 unspecified atom stereocenters. The second kappa shape index (κ2) is 11.2. The van der Waals surface area contributed by atoms with Gasteiger partial charge in [0.15, 0.2) is 0 Å². The summed E-state index contributed by atoms with van der Waals surface area (Å²) in [6.45, 7) is 6.39. The van der Waals surface area contributed by atoms with E-state index in [1.54, 1.807) is 7.11 Å². The summed E-state index contributed by atoms with van der Waals surface area (Å²) < 4.78 is 5.46. The first-order chi connectivity index (χ1) is 13.6. The summed E-state index contributed by atoms with van der Waals surface area (Å²) in [6, 6.07) is 16.4. The molecule has 29 heavy (non-hydrogen) atoms. The van der Waals surface area contributed by atoms with Crippen molar-refractivity contribution in [2.75, 3.05) is 20.2 Å². The van der Waals surface area contributed by atoms with Gasteiger partial charge in [-0.25, -0.2) is 0 Å². The lowest BCUT2D eigenvalue weighted by atomic mass is 9.85. The highest BCUT2D eigenvalue weighted by atomic mass is 35.5. The van der Waals surface area contributed by atoms with Crippen LogP contribution in [0.1, 0.15) is 44.7 Å². The summed E-state index contributed by atoms with van der Waals surface area (Å²) in [5, 5.41) is 6.61. The summed E-state index contributed by atoms with van der Waals surface area (Å²) in [7, 11) is 1.69. The third-order valence-corrected chi connectivity index (χ3v) is 5.85. The van der Waals surface area contributed by atoms with Crippen molar-refractivity contribution in [3.8, 4) is 16.9 Å². The largest absolute Gasteiger partial charge is 0.496 e. The van der Waals surface area contributed by atoms with Gasteiger partial charge in [-0.2, -0.15) is 0 Å². The molecule has 0 aliphatic carbocycles. The van der Waals surface area contributed by atoms with Crippen molar-refractivity contribution in [3.63, 3.8) is 0 Å². The van der Waals surface area contributed by atoms with Crippen LogP contribution in [0.5, 0.6) is 5.75 Å². The molecule has 1 heterocycles. The number of piperidine rings is 1. The van der Waals surface area contributed by atoms with E-state index in [0.717, 1.165) is 35.5 Å². The van der Waals surface area contributed by atoms with Gasteiger partial charge in [0.2, 0.25) is 5.91 Å². The maximum Gasteiger partial charge on any atom is 0.220 e. The Morgan fingerprint density at radius 3 is 2.55 bits per heavy atom. The van der Waals surface area contributed by atoms with Gasteiger partial charge in [0.25, 0.3) is 0 Å². The molecule has 2 aromatic rings. The van der Waals surface area contributed by atoms with E-state index in [1.165, 1.54) is 12.8 Å². The zero-order valence-electron chi connectivity index (χ0n) is 17.6. The van der Waals surface area contributed by atoms with Gasteiger partial charge >= 0.3 is 0 Å². The van der Waals surface area contributed by atoms with Crippen molar-refractivity contribution in [2.45, 2.75) is 39.2 Å². The zero-order valence-corrected chi connectivity index (χ0v) is 18.4. The van der Waals surface area contributed by atoms with E-state index >= 15 is 0 Å². The predicted molar refractivity (Wildman–Crippen MR) is 122 cm³/mol. The second-order valence-electron chi connectivity index (χ2n) is 7.90. The number of hydrogen-bond acceptors (Lipinski definition) is 3. The maximum atomic E-state index is 12.5. The quantitative estimate of drug-likeness (QED) is 0.668. The molecule has 0 spiro atoms. The monoisotopic (exact) mass is 416 g/mol. The van der Waals surface area contributed by atoms with Crippen LogP contribution >= 0.6 is 12.4 Å². The summed E-state index contributed by atoms with van der Waals surface area (Å²) in [5.74, 6) is 2.02. The topological polar surface area (TPSA) is 50.4 Å². The Kier molecular flexibility index (Phi) is 8.99. The third kappa shape index (κ3) is 6.22.